The van der Waals surface area contributed by atoms with Crippen molar-refractivity contribution in [3.8, 4) is 0 Å². The quantitative estimate of drug-likeness (QED) is 0.466. The molecule has 4 aromatic rings. The topological polar surface area (TPSA) is 42.0 Å². The van der Waals surface area contributed by atoms with Gasteiger partial charge >= 0.3 is 0 Å². The number of hydrogen-bond acceptors (Lipinski definition) is 3. The summed E-state index contributed by atoms with van der Waals surface area (Å²) in [5, 5.41) is 5.49. The van der Waals surface area contributed by atoms with Crippen LogP contribution in [-0.2, 0) is 0 Å². The van der Waals surface area contributed by atoms with Crippen LogP contribution in [0.15, 0.2) is 59.1 Å². The molecule has 4 rings (SSSR count). The molecule has 0 radical (unpaired) electrons. The number of hydrogen-bond donors (Lipinski definition) is 1. The Labute approximate surface area is 151 Å². The van der Waals surface area contributed by atoms with Gasteiger partial charge in [0, 0.05) is 10.0 Å². The molecular formula is C19H13BrN2OS. The van der Waals surface area contributed by atoms with E-state index in [1.165, 1.54) is 16.9 Å². The van der Waals surface area contributed by atoms with Gasteiger partial charge in [0.15, 0.2) is 5.13 Å². The molecule has 1 aromatic heterocycles. The van der Waals surface area contributed by atoms with Crippen LogP contribution in [0.1, 0.15) is 15.9 Å². The van der Waals surface area contributed by atoms with Crippen LogP contribution in [0.2, 0.25) is 0 Å². The molecule has 0 saturated carbocycles. The van der Waals surface area contributed by atoms with E-state index in [4.69, 9.17) is 0 Å². The number of fused-ring (bicyclic) bond motifs is 2. The van der Waals surface area contributed by atoms with Crippen molar-refractivity contribution in [3.05, 3.63) is 70.2 Å². The van der Waals surface area contributed by atoms with Crippen molar-refractivity contribution in [2.75, 3.05) is 5.32 Å². The molecular weight excluding hydrogens is 384 g/mol. The molecule has 0 atom stereocenters. The standard InChI is InChI=1S/C19H13BrN2OS/c1-11-8-9-16-17(10-11)24-19(21-16)22-18(23)14-6-2-5-13-12(14)4-3-7-15(13)20/h2-10H,1H3,(H,21,22,23). The SMILES string of the molecule is Cc1ccc2nc(NC(=O)c3cccc4c(Br)cccc34)sc2c1. The molecule has 0 aliphatic rings. The number of anilines is 1. The average Bonchev–Trinajstić information content (AvgIpc) is 2.96. The largest absolute Gasteiger partial charge is 0.298 e. The molecule has 3 nitrogen and oxygen atoms in total. The number of benzene rings is 3. The second-order valence-corrected chi connectivity index (χ2v) is 7.47. The fourth-order valence-corrected chi connectivity index (χ4v) is 4.18. The first-order valence-corrected chi connectivity index (χ1v) is 9.08. The first-order chi connectivity index (χ1) is 11.6. The van der Waals surface area contributed by atoms with Crippen LogP contribution in [0.25, 0.3) is 21.0 Å². The Kier molecular flexibility index (Phi) is 3.82. The number of nitrogens with zero attached hydrogens (tertiary/aromatic N) is 1. The van der Waals surface area contributed by atoms with E-state index in [9.17, 15) is 4.79 Å². The molecule has 0 bridgehead atoms. The van der Waals surface area contributed by atoms with Crippen LogP contribution in [-0.4, -0.2) is 10.9 Å². The maximum absolute atomic E-state index is 12.7. The van der Waals surface area contributed by atoms with E-state index in [1.54, 1.807) is 0 Å². The van der Waals surface area contributed by atoms with Gasteiger partial charge in [0.1, 0.15) is 0 Å². The van der Waals surface area contributed by atoms with Gasteiger partial charge in [0.05, 0.1) is 10.2 Å². The fourth-order valence-electron chi connectivity index (χ4n) is 2.72. The summed E-state index contributed by atoms with van der Waals surface area (Å²) in [5.74, 6) is -0.144. The van der Waals surface area contributed by atoms with Gasteiger partial charge in [-0.25, -0.2) is 4.98 Å². The summed E-state index contributed by atoms with van der Waals surface area (Å²) in [6.45, 7) is 2.05. The zero-order valence-electron chi connectivity index (χ0n) is 12.8. The number of halogens is 1. The summed E-state index contributed by atoms with van der Waals surface area (Å²) in [6, 6.07) is 17.7. The number of aryl methyl sites for hydroxylation is 1. The van der Waals surface area contributed by atoms with E-state index in [1.807, 2.05) is 55.5 Å². The summed E-state index contributed by atoms with van der Waals surface area (Å²) in [5.41, 5.74) is 2.73. The molecule has 0 aliphatic carbocycles. The van der Waals surface area contributed by atoms with Gasteiger partial charge in [-0.15, -0.1) is 0 Å². The zero-order valence-corrected chi connectivity index (χ0v) is 15.2. The second-order valence-electron chi connectivity index (χ2n) is 5.58. The lowest BCUT2D eigenvalue weighted by Gasteiger charge is -2.07. The Bertz CT molecular complexity index is 1090. The lowest BCUT2D eigenvalue weighted by molar-refractivity contribution is 0.102. The van der Waals surface area contributed by atoms with Crippen LogP contribution >= 0.6 is 27.3 Å². The molecule has 24 heavy (non-hydrogen) atoms. The Morgan fingerprint density at radius 2 is 1.88 bits per heavy atom. The van der Waals surface area contributed by atoms with Crippen molar-refractivity contribution >= 4 is 59.3 Å². The van der Waals surface area contributed by atoms with Crippen LogP contribution in [0, 0.1) is 6.92 Å². The molecule has 0 unspecified atom stereocenters. The molecule has 1 N–H and O–H groups in total. The Morgan fingerprint density at radius 3 is 2.75 bits per heavy atom. The monoisotopic (exact) mass is 396 g/mol. The minimum Gasteiger partial charge on any atom is -0.298 e. The first-order valence-electron chi connectivity index (χ1n) is 7.47. The van der Waals surface area contributed by atoms with E-state index in [-0.39, 0.29) is 5.91 Å². The van der Waals surface area contributed by atoms with Gasteiger partial charge in [-0.05, 0) is 47.5 Å². The lowest BCUT2D eigenvalue weighted by atomic mass is 10.0. The minimum absolute atomic E-state index is 0.144. The van der Waals surface area contributed by atoms with E-state index in [0.717, 1.165) is 25.5 Å². The Hall–Kier alpha value is -2.24. The van der Waals surface area contributed by atoms with E-state index >= 15 is 0 Å². The van der Waals surface area contributed by atoms with Gasteiger partial charge in [-0.3, -0.25) is 10.1 Å². The zero-order chi connectivity index (χ0) is 16.7. The number of thiazole rings is 1. The number of nitrogens with one attached hydrogen (secondary N) is 1. The summed E-state index contributed by atoms with van der Waals surface area (Å²) >= 11 is 5.03. The number of carbonyl (C=O) groups is 1. The lowest BCUT2D eigenvalue weighted by Crippen LogP contribution is -2.12. The van der Waals surface area contributed by atoms with Gasteiger partial charge < -0.3 is 0 Å². The highest BCUT2D eigenvalue weighted by Crippen LogP contribution is 2.29. The number of rotatable bonds is 2. The van der Waals surface area contributed by atoms with Crippen molar-refractivity contribution in [3.63, 3.8) is 0 Å². The van der Waals surface area contributed by atoms with Gasteiger partial charge in [0.2, 0.25) is 0 Å². The van der Waals surface area contributed by atoms with Gasteiger partial charge in [0.25, 0.3) is 5.91 Å². The predicted octanol–water partition coefficient (Wildman–Crippen LogP) is 5.77. The van der Waals surface area contributed by atoms with Gasteiger partial charge in [-0.1, -0.05) is 57.6 Å². The molecule has 3 aromatic carbocycles. The third-order valence-corrected chi connectivity index (χ3v) is 5.50. The van der Waals surface area contributed by atoms with Crippen molar-refractivity contribution in [1.29, 1.82) is 0 Å². The highest BCUT2D eigenvalue weighted by molar-refractivity contribution is 9.10. The Morgan fingerprint density at radius 1 is 1.08 bits per heavy atom. The first kappa shape index (κ1) is 15.3. The average molecular weight is 397 g/mol. The fraction of sp³-hybridized carbons (Fsp3) is 0.0526. The summed E-state index contributed by atoms with van der Waals surface area (Å²) in [4.78, 5) is 17.2. The van der Waals surface area contributed by atoms with Crippen molar-refractivity contribution in [2.24, 2.45) is 0 Å². The molecule has 0 aliphatic heterocycles. The molecule has 118 valence electrons. The van der Waals surface area contributed by atoms with Crippen LogP contribution in [0.3, 0.4) is 0 Å². The summed E-state index contributed by atoms with van der Waals surface area (Å²) < 4.78 is 2.05. The molecule has 0 saturated heterocycles. The van der Waals surface area contributed by atoms with E-state index in [0.29, 0.717) is 10.7 Å². The summed E-state index contributed by atoms with van der Waals surface area (Å²) in [7, 11) is 0. The smallest absolute Gasteiger partial charge is 0.258 e. The molecule has 1 amide bonds. The minimum atomic E-state index is -0.144. The summed E-state index contributed by atoms with van der Waals surface area (Å²) in [6.07, 6.45) is 0. The Balaban J connectivity index is 1.72. The van der Waals surface area contributed by atoms with Gasteiger partial charge in [-0.2, -0.15) is 0 Å². The van der Waals surface area contributed by atoms with Crippen LogP contribution in [0.5, 0.6) is 0 Å². The third kappa shape index (κ3) is 2.70. The number of aromatic nitrogens is 1. The molecule has 0 spiro atoms. The molecule has 5 heteroatoms. The van der Waals surface area contributed by atoms with Crippen molar-refractivity contribution in [2.45, 2.75) is 6.92 Å². The number of amides is 1. The predicted molar refractivity (Wildman–Crippen MR) is 104 cm³/mol. The van der Waals surface area contributed by atoms with Crippen LogP contribution < -0.4 is 5.32 Å². The van der Waals surface area contributed by atoms with Crippen molar-refractivity contribution in [1.82, 2.24) is 4.98 Å². The normalized spacial score (nSPS) is 11.1. The van der Waals surface area contributed by atoms with E-state index in [2.05, 4.69) is 32.3 Å². The highest BCUT2D eigenvalue weighted by Gasteiger charge is 2.13. The molecule has 1 heterocycles. The maximum atomic E-state index is 12.7. The maximum Gasteiger partial charge on any atom is 0.258 e. The highest BCUT2D eigenvalue weighted by atomic mass is 79.9. The third-order valence-electron chi connectivity index (χ3n) is 3.88. The van der Waals surface area contributed by atoms with E-state index < -0.39 is 0 Å². The van der Waals surface area contributed by atoms with Crippen molar-refractivity contribution < 1.29 is 4.79 Å². The number of carbonyl (C=O) groups excluding carboxylic acids is 1. The molecule has 0 fully saturated rings. The van der Waals surface area contributed by atoms with Crippen LogP contribution in [0.4, 0.5) is 5.13 Å². The second kappa shape index (κ2) is 6.00.